The van der Waals surface area contributed by atoms with Crippen molar-refractivity contribution in [3.8, 4) is 0 Å². The van der Waals surface area contributed by atoms with E-state index >= 15 is 0 Å². The third-order valence-electron chi connectivity index (χ3n) is 6.58. The predicted octanol–water partition coefficient (Wildman–Crippen LogP) is 3.42. The summed E-state index contributed by atoms with van der Waals surface area (Å²) in [5.74, 6) is 0.453. The van der Waals surface area contributed by atoms with E-state index in [4.69, 9.17) is 0 Å². The smallest absolute Gasteiger partial charge is 0.136 e. The van der Waals surface area contributed by atoms with Crippen molar-refractivity contribution < 1.29 is 9.90 Å². The van der Waals surface area contributed by atoms with Gasteiger partial charge in [0.1, 0.15) is 29.3 Å². The number of nitrogens with zero attached hydrogens (tertiary/aromatic N) is 1. The topological polar surface area (TPSA) is 43.4 Å². The van der Waals surface area contributed by atoms with Crippen LogP contribution in [0.1, 0.15) is 19.8 Å². The zero-order valence-corrected chi connectivity index (χ0v) is 18.2. The van der Waals surface area contributed by atoms with Gasteiger partial charge in [-0.2, -0.15) is 0 Å². The molecule has 0 aromatic heterocycles. The summed E-state index contributed by atoms with van der Waals surface area (Å²) in [6.45, 7) is 3.52. The summed E-state index contributed by atoms with van der Waals surface area (Å²) < 4.78 is 0. The van der Waals surface area contributed by atoms with Crippen molar-refractivity contribution in [3.05, 3.63) is 91.0 Å². The molecule has 0 spiro atoms. The first kappa shape index (κ1) is 20.6. The second-order valence-electron chi connectivity index (χ2n) is 8.06. The molecule has 0 aliphatic carbocycles. The first-order valence-corrected chi connectivity index (χ1v) is 12.5. The van der Waals surface area contributed by atoms with Crippen LogP contribution in [0.25, 0.3) is 0 Å². The van der Waals surface area contributed by atoms with Crippen LogP contribution >= 0.6 is 7.26 Å². The van der Waals surface area contributed by atoms with Crippen LogP contribution in [-0.2, 0) is 0 Å². The summed E-state index contributed by atoms with van der Waals surface area (Å²) in [5.41, 5.74) is 0.397. The first-order chi connectivity index (χ1) is 14.6. The van der Waals surface area contributed by atoms with Gasteiger partial charge in [-0.25, -0.2) is 0 Å². The molecule has 0 radical (unpaired) electrons. The van der Waals surface area contributed by atoms with Crippen LogP contribution in [0.2, 0.25) is 0 Å². The zero-order chi connectivity index (χ0) is 21.0. The molecule has 1 saturated heterocycles. The van der Waals surface area contributed by atoms with Crippen molar-refractivity contribution in [2.75, 3.05) is 13.1 Å². The van der Waals surface area contributed by atoms with Crippen LogP contribution in [-0.4, -0.2) is 29.7 Å². The number of amides is 1. The zero-order valence-electron chi connectivity index (χ0n) is 17.4. The number of piperidine rings is 1. The lowest BCUT2D eigenvalue weighted by molar-refractivity contribution is -0.266. The average Bonchev–Trinajstić information content (AvgIpc) is 2.82. The van der Waals surface area contributed by atoms with Gasteiger partial charge >= 0.3 is 0 Å². The van der Waals surface area contributed by atoms with E-state index in [0.29, 0.717) is 24.7 Å². The summed E-state index contributed by atoms with van der Waals surface area (Å²) in [6.07, 6.45) is 0.712. The van der Waals surface area contributed by atoms with Crippen LogP contribution < -0.4 is 21.0 Å². The lowest BCUT2D eigenvalue weighted by atomic mass is 9.94. The molecule has 1 heterocycles. The number of carboxylic acid groups (broad SMARTS) is 1. The monoisotopic (exact) mass is 417 g/mol. The molecular formula is C26H28NO2P. The summed E-state index contributed by atoms with van der Waals surface area (Å²) >= 11 is 0. The van der Waals surface area contributed by atoms with E-state index in [-0.39, 0.29) is 0 Å². The van der Waals surface area contributed by atoms with Crippen molar-refractivity contribution in [2.45, 2.75) is 25.4 Å². The summed E-state index contributed by atoms with van der Waals surface area (Å²) in [4.78, 5) is 12.8. The van der Waals surface area contributed by atoms with Crippen LogP contribution in [0, 0.1) is 5.92 Å². The van der Waals surface area contributed by atoms with Crippen molar-refractivity contribution in [1.82, 2.24) is 4.90 Å². The molecular weight excluding hydrogens is 389 g/mol. The lowest BCUT2D eigenvalue weighted by Crippen LogP contribution is -2.48. The molecule has 4 heteroatoms. The van der Waals surface area contributed by atoms with Crippen LogP contribution in [0.3, 0.4) is 0 Å². The molecule has 3 aromatic carbocycles. The summed E-state index contributed by atoms with van der Waals surface area (Å²) in [6, 6.07) is 32.8. The minimum Gasteiger partial charge on any atom is -0.530 e. The van der Waals surface area contributed by atoms with Crippen molar-refractivity contribution in [1.29, 1.82) is 0 Å². The van der Waals surface area contributed by atoms with Gasteiger partial charge in [0.15, 0.2) is 0 Å². The maximum absolute atomic E-state index is 11.3. The Bertz CT molecular complexity index is 857. The Morgan fingerprint density at radius 1 is 0.800 bits per heavy atom. The highest BCUT2D eigenvalue weighted by Crippen LogP contribution is 2.62. The van der Waals surface area contributed by atoms with E-state index in [2.05, 4.69) is 97.9 Å². The highest BCUT2D eigenvalue weighted by atomic mass is 31.2. The van der Waals surface area contributed by atoms with E-state index in [9.17, 15) is 9.90 Å². The largest absolute Gasteiger partial charge is 0.530 e. The number of benzene rings is 3. The molecule has 3 nitrogen and oxygen atoms in total. The second kappa shape index (κ2) is 9.02. The minimum absolute atomic E-state index is 0.397. The van der Waals surface area contributed by atoms with Gasteiger partial charge in [-0.3, -0.25) is 0 Å². The van der Waals surface area contributed by atoms with E-state index in [1.54, 1.807) is 0 Å². The van der Waals surface area contributed by atoms with E-state index < -0.39 is 13.4 Å². The maximum Gasteiger partial charge on any atom is 0.136 e. The Morgan fingerprint density at radius 2 is 1.17 bits per heavy atom. The number of hydrogen-bond acceptors (Lipinski definition) is 2. The molecule has 1 amide bonds. The molecule has 4 rings (SSSR count). The van der Waals surface area contributed by atoms with Gasteiger partial charge in [-0.15, -0.1) is 0 Å². The van der Waals surface area contributed by atoms with Gasteiger partial charge < -0.3 is 14.8 Å². The fourth-order valence-electron chi connectivity index (χ4n) is 5.02. The third-order valence-corrected chi connectivity index (χ3v) is 11.6. The Kier molecular flexibility index (Phi) is 6.20. The first-order valence-electron chi connectivity index (χ1n) is 10.7. The molecule has 3 aromatic rings. The summed E-state index contributed by atoms with van der Waals surface area (Å²) in [7, 11) is -1.94. The Hall–Kier alpha value is -2.64. The normalized spacial score (nSPS) is 16.2. The SMILES string of the molecule is CC(C1CCN(C(=O)[O-])CC1)[P+](c1ccccc1)(c1ccccc1)c1ccccc1. The Labute approximate surface area is 179 Å². The van der Waals surface area contributed by atoms with Crippen LogP contribution in [0.4, 0.5) is 4.79 Å². The van der Waals surface area contributed by atoms with E-state index in [1.807, 2.05) is 0 Å². The van der Waals surface area contributed by atoms with Gasteiger partial charge in [0.25, 0.3) is 0 Å². The van der Waals surface area contributed by atoms with Crippen molar-refractivity contribution in [3.63, 3.8) is 0 Å². The molecule has 0 saturated carbocycles. The number of carbonyl (C=O) groups excluding carboxylic acids is 1. The van der Waals surface area contributed by atoms with E-state index in [0.717, 1.165) is 12.8 Å². The molecule has 0 N–H and O–H groups in total. The lowest BCUT2D eigenvalue weighted by Gasteiger charge is -2.41. The summed E-state index contributed by atoms with van der Waals surface area (Å²) in [5, 5.41) is 15.5. The molecule has 1 aliphatic rings. The highest BCUT2D eigenvalue weighted by Gasteiger charge is 2.53. The quantitative estimate of drug-likeness (QED) is 0.597. The Balaban J connectivity index is 1.86. The average molecular weight is 417 g/mol. The highest BCUT2D eigenvalue weighted by molar-refractivity contribution is 7.96. The molecule has 1 unspecified atom stereocenters. The molecule has 1 fully saturated rings. The van der Waals surface area contributed by atoms with Gasteiger partial charge in [0, 0.05) is 13.1 Å². The number of rotatable bonds is 5. The van der Waals surface area contributed by atoms with Gasteiger partial charge in [0.2, 0.25) is 0 Å². The Morgan fingerprint density at radius 3 is 1.50 bits per heavy atom. The molecule has 30 heavy (non-hydrogen) atoms. The fourth-order valence-corrected chi connectivity index (χ4v) is 10.2. The van der Waals surface area contributed by atoms with Crippen LogP contribution in [0.5, 0.6) is 0 Å². The molecule has 154 valence electrons. The van der Waals surface area contributed by atoms with Crippen LogP contribution in [0.15, 0.2) is 91.0 Å². The minimum atomic E-state index is -1.94. The standard InChI is InChI=1S/C26H28NO2P/c1-21(22-17-19-27(20-18-22)26(28)29)30(23-11-5-2-6-12-23,24-13-7-3-8-14-24)25-15-9-4-10-16-25/h2-16,21-22H,17-20H2,1H3. The molecule has 1 aliphatic heterocycles. The number of carbonyl (C=O) groups is 1. The third kappa shape index (κ3) is 3.75. The van der Waals surface area contributed by atoms with Gasteiger partial charge in [-0.05, 0) is 62.1 Å². The van der Waals surface area contributed by atoms with Gasteiger partial charge in [-0.1, -0.05) is 54.6 Å². The number of likely N-dealkylation sites (tertiary alicyclic amines) is 1. The van der Waals surface area contributed by atoms with E-state index in [1.165, 1.54) is 20.8 Å². The fraction of sp³-hybridized carbons (Fsp3) is 0.269. The van der Waals surface area contributed by atoms with Gasteiger partial charge in [0.05, 0.1) is 5.66 Å². The second-order valence-corrected chi connectivity index (χ2v) is 11.9. The molecule has 0 bridgehead atoms. The predicted molar refractivity (Wildman–Crippen MR) is 124 cm³/mol. The van der Waals surface area contributed by atoms with Crippen molar-refractivity contribution in [2.24, 2.45) is 5.92 Å². The molecule has 1 atom stereocenters. The maximum atomic E-state index is 11.3. The number of hydrogen-bond donors (Lipinski definition) is 0. The van der Waals surface area contributed by atoms with Crippen molar-refractivity contribution >= 4 is 29.3 Å².